The summed E-state index contributed by atoms with van der Waals surface area (Å²) in [5.41, 5.74) is 0. The second-order valence-electron chi connectivity index (χ2n) is 6.40. The van der Waals surface area contributed by atoms with E-state index in [0.717, 1.165) is 38.5 Å². The molecular formula is C16H23N3O3. The number of amides is 2. The summed E-state index contributed by atoms with van der Waals surface area (Å²) in [6.07, 6.45) is 7.42. The van der Waals surface area contributed by atoms with Gasteiger partial charge in [-0.05, 0) is 32.6 Å². The summed E-state index contributed by atoms with van der Waals surface area (Å²) in [6, 6.07) is 1.92. The lowest BCUT2D eigenvalue weighted by atomic mass is 9.88. The number of hydrogen-bond acceptors (Lipinski definition) is 4. The monoisotopic (exact) mass is 305 g/mol. The van der Waals surface area contributed by atoms with Crippen molar-refractivity contribution in [3.63, 3.8) is 0 Å². The van der Waals surface area contributed by atoms with Crippen LogP contribution < -0.4 is 5.32 Å². The minimum atomic E-state index is -0.204. The average Bonchev–Trinajstić information content (AvgIpc) is 3.28. The molecule has 3 rings (SSSR count). The van der Waals surface area contributed by atoms with Gasteiger partial charge in [-0.25, -0.2) is 0 Å². The molecule has 0 unspecified atom stereocenters. The van der Waals surface area contributed by atoms with E-state index in [1.54, 1.807) is 17.9 Å². The van der Waals surface area contributed by atoms with E-state index in [1.807, 2.05) is 0 Å². The summed E-state index contributed by atoms with van der Waals surface area (Å²) in [7, 11) is 0. The Morgan fingerprint density at radius 3 is 2.59 bits per heavy atom. The van der Waals surface area contributed by atoms with Crippen molar-refractivity contribution in [3.8, 4) is 0 Å². The molecule has 1 N–H and O–H groups in total. The molecule has 1 heterocycles. The summed E-state index contributed by atoms with van der Waals surface area (Å²) in [4.78, 5) is 26.6. The number of rotatable bonds is 5. The van der Waals surface area contributed by atoms with Crippen molar-refractivity contribution in [3.05, 3.63) is 11.8 Å². The van der Waals surface area contributed by atoms with Crippen LogP contribution in [0.15, 0.2) is 10.6 Å². The minimum absolute atomic E-state index is 0.108. The van der Waals surface area contributed by atoms with E-state index in [2.05, 4.69) is 10.5 Å². The number of carbonyl (C=O) groups is 2. The van der Waals surface area contributed by atoms with Crippen molar-refractivity contribution >= 4 is 17.6 Å². The van der Waals surface area contributed by atoms with Gasteiger partial charge >= 0.3 is 0 Å². The number of anilines is 1. The van der Waals surface area contributed by atoms with Crippen LogP contribution in [0.25, 0.3) is 0 Å². The third-order valence-electron chi connectivity index (χ3n) is 4.43. The Bertz CT molecular complexity index is 545. The Hall–Kier alpha value is -1.85. The van der Waals surface area contributed by atoms with E-state index in [4.69, 9.17) is 4.52 Å². The normalized spacial score (nSPS) is 19.0. The highest BCUT2D eigenvalue weighted by Gasteiger charge is 2.37. The van der Waals surface area contributed by atoms with E-state index in [-0.39, 0.29) is 30.3 Å². The van der Waals surface area contributed by atoms with Crippen molar-refractivity contribution < 1.29 is 14.1 Å². The molecule has 1 aromatic rings. The molecule has 6 nitrogen and oxygen atoms in total. The topological polar surface area (TPSA) is 75.4 Å². The van der Waals surface area contributed by atoms with E-state index in [9.17, 15) is 9.59 Å². The molecule has 1 aromatic heterocycles. The fraction of sp³-hybridized carbons (Fsp3) is 0.688. The quantitative estimate of drug-likeness (QED) is 0.907. The summed E-state index contributed by atoms with van der Waals surface area (Å²) >= 11 is 0. The number of aromatic nitrogens is 1. The standard InChI is InChI=1S/C16H23N3O3/c1-11-9-14(18-22-11)17-15(20)10-19(13-7-8-13)16(21)12-5-3-2-4-6-12/h9,12-13H,2-8,10H2,1H3,(H,17,18,20). The molecular weight excluding hydrogens is 282 g/mol. The SMILES string of the molecule is Cc1cc(NC(=O)CN(C(=O)C2CCCCC2)C2CC2)no1. The van der Waals surface area contributed by atoms with E-state index < -0.39 is 0 Å². The van der Waals surface area contributed by atoms with Gasteiger partial charge in [0.1, 0.15) is 12.3 Å². The van der Waals surface area contributed by atoms with Crippen LogP contribution in [0.3, 0.4) is 0 Å². The fourth-order valence-corrected chi connectivity index (χ4v) is 3.12. The molecule has 2 aliphatic rings. The number of nitrogens with one attached hydrogen (secondary N) is 1. The lowest BCUT2D eigenvalue weighted by Gasteiger charge is -2.28. The molecule has 2 amide bonds. The third kappa shape index (κ3) is 3.67. The van der Waals surface area contributed by atoms with E-state index >= 15 is 0 Å². The second-order valence-corrected chi connectivity index (χ2v) is 6.40. The third-order valence-corrected chi connectivity index (χ3v) is 4.43. The van der Waals surface area contributed by atoms with Crippen molar-refractivity contribution in [2.24, 2.45) is 5.92 Å². The van der Waals surface area contributed by atoms with Crippen LogP contribution >= 0.6 is 0 Å². The first kappa shape index (κ1) is 15.1. The molecule has 0 bridgehead atoms. The highest BCUT2D eigenvalue weighted by atomic mass is 16.5. The van der Waals surface area contributed by atoms with Gasteiger partial charge in [-0.15, -0.1) is 0 Å². The smallest absolute Gasteiger partial charge is 0.245 e. The Kier molecular flexibility index (Phi) is 4.45. The maximum absolute atomic E-state index is 12.7. The summed E-state index contributed by atoms with van der Waals surface area (Å²) in [5.74, 6) is 1.12. The zero-order valence-corrected chi connectivity index (χ0v) is 13.0. The van der Waals surface area contributed by atoms with E-state index in [0.29, 0.717) is 11.6 Å². The molecule has 120 valence electrons. The van der Waals surface area contributed by atoms with Crippen LogP contribution in [0, 0.1) is 12.8 Å². The van der Waals surface area contributed by atoms with Crippen LogP contribution in [0.1, 0.15) is 50.7 Å². The molecule has 0 saturated heterocycles. The molecule has 6 heteroatoms. The maximum Gasteiger partial charge on any atom is 0.245 e. The van der Waals surface area contributed by atoms with Gasteiger partial charge in [-0.3, -0.25) is 9.59 Å². The molecule has 22 heavy (non-hydrogen) atoms. The zero-order chi connectivity index (χ0) is 15.5. The summed E-state index contributed by atoms with van der Waals surface area (Å²) in [5, 5.41) is 6.44. The van der Waals surface area contributed by atoms with Crippen LogP contribution in [0.5, 0.6) is 0 Å². The Morgan fingerprint density at radius 2 is 2.00 bits per heavy atom. The van der Waals surface area contributed by atoms with Gasteiger partial charge < -0.3 is 14.7 Å². The summed E-state index contributed by atoms with van der Waals surface area (Å²) < 4.78 is 4.93. The highest BCUT2D eigenvalue weighted by Crippen LogP contribution is 2.32. The van der Waals surface area contributed by atoms with Crippen molar-refractivity contribution in [2.75, 3.05) is 11.9 Å². The van der Waals surface area contributed by atoms with Gasteiger partial charge in [-0.2, -0.15) is 0 Å². The highest BCUT2D eigenvalue weighted by molar-refractivity contribution is 5.94. The zero-order valence-electron chi connectivity index (χ0n) is 13.0. The number of aryl methyl sites for hydroxylation is 1. The molecule has 0 aromatic carbocycles. The lowest BCUT2D eigenvalue weighted by Crippen LogP contribution is -2.43. The Morgan fingerprint density at radius 1 is 1.27 bits per heavy atom. The largest absolute Gasteiger partial charge is 0.360 e. The molecule has 0 atom stereocenters. The predicted molar refractivity (Wildman–Crippen MR) is 81.2 cm³/mol. The number of hydrogen-bond donors (Lipinski definition) is 1. The van der Waals surface area contributed by atoms with Gasteiger partial charge in [0, 0.05) is 18.0 Å². The van der Waals surface area contributed by atoms with Gasteiger partial charge in [0.25, 0.3) is 0 Å². The first-order valence-corrected chi connectivity index (χ1v) is 8.17. The number of carbonyl (C=O) groups excluding carboxylic acids is 2. The van der Waals surface area contributed by atoms with Crippen LogP contribution in [0.2, 0.25) is 0 Å². The summed E-state index contributed by atoms with van der Waals surface area (Å²) in [6.45, 7) is 1.89. The van der Waals surface area contributed by atoms with Gasteiger partial charge in [0.15, 0.2) is 5.82 Å². The van der Waals surface area contributed by atoms with Crippen molar-refractivity contribution in [1.29, 1.82) is 0 Å². The predicted octanol–water partition coefficient (Wildman–Crippen LogP) is 2.49. The maximum atomic E-state index is 12.7. The van der Waals surface area contributed by atoms with Crippen LogP contribution in [-0.4, -0.2) is 34.5 Å². The molecule has 0 aliphatic heterocycles. The van der Waals surface area contributed by atoms with Crippen molar-refractivity contribution in [2.45, 2.75) is 57.9 Å². The fourth-order valence-electron chi connectivity index (χ4n) is 3.12. The molecule has 2 saturated carbocycles. The van der Waals surface area contributed by atoms with Gasteiger partial charge in [0.05, 0.1) is 0 Å². The lowest BCUT2D eigenvalue weighted by molar-refractivity contribution is -0.139. The molecule has 2 fully saturated rings. The van der Waals surface area contributed by atoms with Gasteiger partial charge in [0.2, 0.25) is 11.8 Å². The van der Waals surface area contributed by atoms with Crippen molar-refractivity contribution in [1.82, 2.24) is 10.1 Å². The Labute approximate surface area is 130 Å². The minimum Gasteiger partial charge on any atom is -0.360 e. The Balaban J connectivity index is 1.59. The van der Waals surface area contributed by atoms with Gasteiger partial charge in [-0.1, -0.05) is 24.4 Å². The first-order valence-electron chi connectivity index (χ1n) is 8.17. The molecule has 2 aliphatic carbocycles. The first-order chi connectivity index (χ1) is 10.6. The van der Waals surface area contributed by atoms with Crippen LogP contribution in [0.4, 0.5) is 5.82 Å². The average molecular weight is 305 g/mol. The molecule has 0 radical (unpaired) electrons. The van der Waals surface area contributed by atoms with E-state index in [1.165, 1.54) is 6.42 Å². The number of nitrogens with zero attached hydrogens (tertiary/aromatic N) is 2. The van der Waals surface area contributed by atoms with Crippen LogP contribution in [-0.2, 0) is 9.59 Å². The second kappa shape index (κ2) is 6.50. The molecule has 0 spiro atoms.